The second-order valence-electron chi connectivity index (χ2n) is 7.54. The molecule has 0 radical (unpaired) electrons. The zero-order valence-corrected chi connectivity index (χ0v) is 19.3. The van der Waals surface area contributed by atoms with Gasteiger partial charge in [-0.05, 0) is 32.0 Å². The average molecular weight is 486 g/mol. The first-order chi connectivity index (χ1) is 16.2. The Hall–Kier alpha value is -3.62. The predicted octanol–water partition coefficient (Wildman–Crippen LogP) is 2.80. The third-order valence-electron chi connectivity index (χ3n) is 5.17. The van der Waals surface area contributed by atoms with Gasteiger partial charge in [0.25, 0.3) is 10.0 Å². The number of halogens is 2. The molecular formula is C23H21F2N5O3S. The van der Waals surface area contributed by atoms with Gasteiger partial charge >= 0.3 is 0 Å². The fraction of sp³-hybridized carbons (Fsp3) is 0.261. The summed E-state index contributed by atoms with van der Waals surface area (Å²) < 4.78 is 60.3. The minimum atomic E-state index is -4.31. The summed E-state index contributed by atoms with van der Waals surface area (Å²) in [6.45, 7) is 5.99. The summed E-state index contributed by atoms with van der Waals surface area (Å²) in [5.74, 6) is 4.70. The van der Waals surface area contributed by atoms with Gasteiger partial charge in [-0.3, -0.25) is 9.71 Å². The summed E-state index contributed by atoms with van der Waals surface area (Å²) in [7, 11) is -4.31. The van der Waals surface area contributed by atoms with Gasteiger partial charge in [0.05, 0.1) is 35.9 Å². The predicted molar refractivity (Wildman–Crippen MR) is 122 cm³/mol. The normalized spacial score (nSPS) is 13.8. The first kappa shape index (κ1) is 23.5. The van der Waals surface area contributed by atoms with Gasteiger partial charge in [0, 0.05) is 30.9 Å². The molecule has 176 valence electrons. The number of nitrogens with one attached hydrogen (secondary N) is 1. The van der Waals surface area contributed by atoms with Crippen LogP contribution in [0.1, 0.15) is 22.5 Å². The van der Waals surface area contributed by atoms with Gasteiger partial charge in [0.15, 0.2) is 0 Å². The number of aromatic nitrogens is 3. The molecule has 1 fully saturated rings. The molecule has 34 heavy (non-hydrogen) atoms. The molecule has 1 saturated heterocycles. The number of hydrogen-bond acceptors (Lipinski definition) is 7. The number of anilines is 2. The van der Waals surface area contributed by atoms with Crippen molar-refractivity contribution in [1.82, 2.24) is 15.0 Å². The second-order valence-corrected chi connectivity index (χ2v) is 9.20. The minimum absolute atomic E-state index is 0.130. The van der Waals surface area contributed by atoms with Crippen molar-refractivity contribution in [1.29, 1.82) is 0 Å². The summed E-state index contributed by atoms with van der Waals surface area (Å²) in [6, 6.07) is 3.76. The monoisotopic (exact) mass is 485 g/mol. The van der Waals surface area contributed by atoms with E-state index in [4.69, 9.17) is 4.74 Å². The van der Waals surface area contributed by atoms with Crippen LogP contribution in [-0.4, -0.2) is 49.7 Å². The molecule has 11 heteroatoms. The summed E-state index contributed by atoms with van der Waals surface area (Å²) in [5.41, 5.74) is 2.28. The minimum Gasteiger partial charge on any atom is -0.378 e. The van der Waals surface area contributed by atoms with Crippen molar-refractivity contribution in [2.24, 2.45) is 0 Å². The van der Waals surface area contributed by atoms with Crippen LogP contribution in [0.25, 0.3) is 0 Å². The SMILES string of the molecule is Cc1ncc(C#Cc2c(C)ncnc2N2CCOCC2)cc1NS(=O)(=O)c1ccc(F)cc1F. The molecular weight excluding hydrogens is 464 g/mol. The highest BCUT2D eigenvalue weighted by atomic mass is 32.2. The Balaban J connectivity index is 1.65. The van der Waals surface area contributed by atoms with Gasteiger partial charge in [-0.2, -0.15) is 0 Å². The van der Waals surface area contributed by atoms with Crippen LogP contribution in [-0.2, 0) is 14.8 Å². The van der Waals surface area contributed by atoms with Gasteiger partial charge in [0.1, 0.15) is 28.7 Å². The Morgan fingerprint density at radius 3 is 2.53 bits per heavy atom. The number of benzene rings is 1. The summed E-state index contributed by atoms with van der Waals surface area (Å²) in [4.78, 5) is 14.2. The molecule has 0 unspecified atom stereocenters. The molecule has 1 aromatic carbocycles. The highest BCUT2D eigenvalue weighted by Crippen LogP contribution is 2.23. The average Bonchev–Trinajstić information content (AvgIpc) is 2.80. The van der Waals surface area contributed by atoms with Crippen LogP contribution in [0, 0.1) is 37.3 Å². The standard InChI is InChI=1S/C23H21F2N5O3S/c1-15-19(23(28-14-27-15)30-7-9-33-10-8-30)5-3-17-11-21(16(2)26-13-17)29-34(31,32)22-6-4-18(24)12-20(22)25/h4,6,11-14,29H,7-10H2,1-2H3. The van der Waals surface area contributed by atoms with Crippen LogP contribution in [0.5, 0.6) is 0 Å². The van der Waals surface area contributed by atoms with Crippen molar-refractivity contribution in [3.05, 3.63) is 70.9 Å². The number of rotatable bonds is 4. The smallest absolute Gasteiger partial charge is 0.264 e. The number of aryl methyl sites for hydroxylation is 2. The summed E-state index contributed by atoms with van der Waals surface area (Å²) in [5, 5.41) is 0. The van der Waals surface area contributed by atoms with Crippen LogP contribution in [0.3, 0.4) is 0 Å². The second kappa shape index (κ2) is 9.70. The van der Waals surface area contributed by atoms with Crippen molar-refractivity contribution >= 4 is 21.5 Å². The Morgan fingerprint density at radius 1 is 1.03 bits per heavy atom. The maximum absolute atomic E-state index is 14.0. The van der Waals surface area contributed by atoms with Crippen molar-refractivity contribution in [3.8, 4) is 11.8 Å². The van der Waals surface area contributed by atoms with Gasteiger partial charge in [-0.15, -0.1) is 0 Å². The van der Waals surface area contributed by atoms with Crippen LogP contribution < -0.4 is 9.62 Å². The van der Waals surface area contributed by atoms with E-state index < -0.39 is 26.6 Å². The molecule has 2 aromatic heterocycles. The van der Waals surface area contributed by atoms with E-state index in [1.54, 1.807) is 6.92 Å². The van der Waals surface area contributed by atoms with Crippen molar-refractivity contribution in [2.75, 3.05) is 35.9 Å². The Bertz CT molecular complexity index is 1400. The van der Waals surface area contributed by atoms with Gasteiger partial charge in [-0.1, -0.05) is 11.8 Å². The van der Waals surface area contributed by atoms with E-state index in [-0.39, 0.29) is 5.69 Å². The van der Waals surface area contributed by atoms with E-state index in [0.29, 0.717) is 60.7 Å². The molecule has 0 spiro atoms. The van der Waals surface area contributed by atoms with Crippen LogP contribution >= 0.6 is 0 Å². The highest BCUT2D eigenvalue weighted by Gasteiger charge is 2.21. The van der Waals surface area contributed by atoms with Gasteiger partial charge < -0.3 is 9.64 Å². The highest BCUT2D eigenvalue weighted by molar-refractivity contribution is 7.92. The lowest BCUT2D eigenvalue weighted by molar-refractivity contribution is 0.122. The third-order valence-corrected chi connectivity index (χ3v) is 6.57. The van der Waals surface area contributed by atoms with E-state index in [9.17, 15) is 17.2 Å². The molecule has 0 atom stereocenters. The Kier molecular flexibility index (Phi) is 6.72. The first-order valence-corrected chi connectivity index (χ1v) is 11.8. The summed E-state index contributed by atoms with van der Waals surface area (Å²) >= 11 is 0. The largest absolute Gasteiger partial charge is 0.378 e. The number of ether oxygens (including phenoxy) is 1. The first-order valence-electron chi connectivity index (χ1n) is 10.4. The molecule has 3 aromatic rings. The van der Waals surface area contributed by atoms with E-state index in [2.05, 4.69) is 36.4 Å². The maximum Gasteiger partial charge on any atom is 0.264 e. The van der Waals surface area contributed by atoms with E-state index in [0.717, 1.165) is 12.1 Å². The molecule has 1 aliphatic rings. The third kappa shape index (κ3) is 5.13. The summed E-state index contributed by atoms with van der Waals surface area (Å²) in [6.07, 6.45) is 2.99. The lowest BCUT2D eigenvalue weighted by atomic mass is 10.1. The van der Waals surface area contributed by atoms with Crippen LogP contribution in [0.2, 0.25) is 0 Å². The van der Waals surface area contributed by atoms with E-state index >= 15 is 0 Å². The number of nitrogens with zero attached hydrogens (tertiary/aromatic N) is 4. The molecule has 1 N–H and O–H groups in total. The molecule has 0 amide bonds. The number of sulfonamides is 1. The zero-order chi connectivity index (χ0) is 24.3. The fourth-order valence-corrected chi connectivity index (χ4v) is 4.52. The maximum atomic E-state index is 14.0. The lowest BCUT2D eigenvalue weighted by Gasteiger charge is -2.28. The van der Waals surface area contributed by atoms with Crippen molar-refractivity contribution < 1.29 is 21.9 Å². The topological polar surface area (TPSA) is 97.3 Å². The molecule has 4 rings (SSSR count). The Labute approximate surface area is 196 Å². The molecule has 8 nitrogen and oxygen atoms in total. The van der Waals surface area contributed by atoms with Crippen LogP contribution in [0.15, 0.2) is 41.7 Å². The zero-order valence-electron chi connectivity index (χ0n) is 18.5. The lowest BCUT2D eigenvalue weighted by Crippen LogP contribution is -2.37. The number of pyridine rings is 1. The van der Waals surface area contributed by atoms with Gasteiger partial charge in [-0.25, -0.2) is 27.2 Å². The quantitative estimate of drug-likeness (QED) is 0.568. The molecule has 0 saturated carbocycles. The van der Waals surface area contributed by atoms with Crippen molar-refractivity contribution in [3.63, 3.8) is 0 Å². The molecule has 0 aliphatic carbocycles. The number of morpholine rings is 1. The Morgan fingerprint density at radius 2 is 1.79 bits per heavy atom. The van der Waals surface area contributed by atoms with E-state index in [1.807, 2.05) is 6.92 Å². The molecule has 0 bridgehead atoms. The van der Waals surface area contributed by atoms with Gasteiger partial charge in [0.2, 0.25) is 0 Å². The van der Waals surface area contributed by atoms with E-state index in [1.165, 1.54) is 18.6 Å². The van der Waals surface area contributed by atoms with Crippen LogP contribution in [0.4, 0.5) is 20.3 Å². The fourth-order valence-electron chi connectivity index (χ4n) is 3.35. The molecule has 3 heterocycles. The molecule has 1 aliphatic heterocycles. The number of hydrogen-bond donors (Lipinski definition) is 1. The van der Waals surface area contributed by atoms with Crippen molar-refractivity contribution in [2.45, 2.75) is 18.7 Å².